The number of para-hydroxylation sites is 1. The lowest BCUT2D eigenvalue weighted by Crippen LogP contribution is -2.15. The van der Waals surface area contributed by atoms with Crippen LogP contribution in [0.25, 0.3) is 11.1 Å². The molecule has 1 unspecified atom stereocenters. The van der Waals surface area contributed by atoms with Crippen LogP contribution in [0.4, 0.5) is 5.69 Å². The molecule has 0 spiro atoms. The molecule has 3 aromatic rings. The topological polar surface area (TPSA) is 61.3 Å². The smallest absolute Gasteiger partial charge is 0.203 e. The number of rotatable bonds is 1. The fraction of sp³-hybridized carbons (Fsp3) is 0.188. The van der Waals surface area contributed by atoms with E-state index in [4.69, 9.17) is 26.5 Å². The van der Waals surface area contributed by atoms with Crippen LogP contribution in [-0.4, -0.2) is 11.6 Å². The number of benzene rings is 2. The summed E-state index contributed by atoms with van der Waals surface area (Å²) in [5.74, 6) is 1.68. The third-order valence-electron chi connectivity index (χ3n) is 3.78. The van der Waals surface area contributed by atoms with E-state index in [0.717, 1.165) is 23.3 Å². The number of hydrogen-bond donors (Lipinski definition) is 1. The van der Waals surface area contributed by atoms with Crippen LogP contribution in [0, 0.1) is 0 Å². The maximum atomic E-state index is 6.04. The van der Waals surface area contributed by atoms with Gasteiger partial charge in [-0.25, -0.2) is 4.98 Å². The predicted octanol–water partition coefficient (Wildman–Crippen LogP) is 3.98. The van der Waals surface area contributed by atoms with Gasteiger partial charge in [-0.1, -0.05) is 29.8 Å². The highest BCUT2D eigenvalue weighted by molar-refractivity contribution is 6.33. The molecule has 0 saturated heterocycles. The van der Waals surface area contributed by atoms with Gasteiger partial charge in [-0.2, -0.15) is 0 Å². The molecule has 106 valence electrons. The number of hydrogen-bond acceptors (Lipinski definition) is 4. The Labute approximate surface area is 126 Å². The summed E-state index contributed by atoms with van der Waals surface area (Å²) in [6.07, 6.45) is 0.840. The van der Waals surface area contributed by atoms with E-state index in [0.29, 0.717) is 28.8 Å². The average molecular weight is 301 g/mol. The lowest BCUT2D eigenvalue weighted by Gasteiger charge is -2.23. The van der Waals surface area contributed by atoms with E-state index in [1.807, 2.05) is 18.2 Å². The van der Waals surface area contributed by atoms with Crippen LogP contribution in [0.5, 0.6) is 5.75 Å². The lowest BCUT2D eigenvalue weighted by molar-refractivity contribution is 0.266. The molecule has 1 atom stereocenters. The van der Waals surface area contributed by atoms with Gasteiger partial charge in [0.25, 0.3) is 0 Å². The zero-order valence-electron chi connectivity index (χ0n) is 11.2. The Balaban J connectivity index is 1.84. The molecule has 0 saturated carbocycles. The Morgan fingerprint density at radius 1 is 1.24 bits per heavy atom. The predicted molar refractivity (Wildman–Crippen MR) is 81.8 cm³/mol. The van der Waals surface area contributed by atoms with E-state index < -0.39 is 0 Å². The molecule has 0 bridgehead atoms. The summed E-state index contributed by atoms with van der Waals surface area (Å²) in [6.45, 7) is 0.656. The third-order valence-corrected chi connectivity index (χ3v) is 4.11. The van der Waals surface area contributed by atoms with Crippen molar-refractivity contribution < 1.29 is 9.15 Å². The average Bonchev–Trinajstić information content (AvgIpc) is 2.90. The van der Waals surface area contributed by atoms with E-state index in [9.17, 15) is 0 Å². The van der Waals surface area contributed by atoms with Crippen molar-refractivity contribution in [2.75, 3.05) is 12.3 Å². The largest absolute Gasteiger partial charge is 0.493 e. The van der Waals surface area contributed by atoms with Crippen LogP contribution in [0.2, 0.25) is 5.02 Å². The highest BCUT2D eigenvalue weighted by Crippen LogP contribution is 2.39. The van der Waals surface area contributed by atoms with Crippen molar-refractivity contribution in [2.24, 2.45) is 0 Å². The van der Waals surface area contributed by atoms with Crippen LogP contribution >= 0.6 is 11.6 Å². The van der Waals surface area contributed by atoms with E-state index in [-0.39, 0.29) is 5.92 Å². The molecule has 5 heteroatoms. The molecule has 0 radical (unpaired) electrons. The molecule has 2 aromatic carbocycles. The van der Waals surface area contributed by atoms with Gasteiger partial charge in [0.15, 0.2) is 5.58 Å². The molecule has 1 aliphatic heterocycles. The molecular formula is C16H13ClN2O2. The maximum absolute atomic E-state index is 6.04. The van der Waals surface area contributed by atoms with Gasteiger partial charge >= 0.3 is 0 Å². The standard InChI is InChI=1S/C16H13ClN2O2/c17-11-7-13-15(8-12(11)18)21-16(19-13)10-5-6-20-14-4-2-1-3-9(10)14/h1-4,7-8,10H,5-6,18H2. The Kier molecular flexibility index (Phi) is 2.79. The number of nitrogen functional groups attached to an aromatic ring is 1. The summed E-state index contributed by atoms with van der Waals surface area (Å²) in [4.78, 5) is 4.57. The second-order valence-electron chi connectivity index (χ2n) is 5.12. The van der Waals surface area contributed by atoms with E-state index in [1.165, 1.54) is 0 Å². The fourth-order valence-electron chi connectivity index (χ4n) is 2.73. The molecule has 21 heavy (non-hydrogen) atoms. The highest BCUT2D eigenvalue weighted by Gasteiger charge is 2.27. The second-order valence-corrected chi connectivity index (χ2v) is 5.53. The fourth-order valence-corrected chi connectivity index (χ4v) is 2.89. The third kappa shape index (κ3) is 2.03. The van der Waals surface area contributed by atoms with Gasteiger partial charge in [-0.3, -0.25) is 0 Å². The van der Waals surface area contributed by atoms with Crippen LogP contribution in [-0.2, 0) is 0 Å². The molecule has 2 N–H and O–H groups in total. The summed E-state index contributed by atoms with van der Waals surface area (Å²) < 4.78 is 11.6. The van der Waals surface area contributed by atoms with Crippen molar-refractivity contribution >= 4 is 28.4 Å². The minimum absolute atomic E-state index is 0.0994. The van der Waals surface area contributed by atoms with Crippen molar-refractivity contribution in [3.8, 4) is 5.75 Å². The van der Waals surface area contributed by atoms with Gasteiger partial charge in [0, 0.05) is 11.6 Å². The molecule has 0 amide bonds. The van der Waals surface area contributed by atoms with Crippen molar-refractivity contribution in [1.82, 2.24) is 4.98 Å². The van der Waals surface area contributed by atoms with Crippen molar-refractivity contribution in [2.45, 2.75) is 12.3 Å². The van der Waals surface area contributed by atoms with Gasteiger partial charge in [0.05, 0.1) is 23.2 Å². The first-order valence-corrected chi connectivity index (χ1v) is 7.17. The summed E-state index contributed by atoms with van der Waals surface area (Å²) in [5.41, 5.74) is 8.81. The number of nitrogens with zero attached hydrogens (tertiary/aromatic N) is 1. The van der Waals surface area contributed by atoms with Crippen molar-refractivity contribution in [1.29, 1.82) is 0 Å². The molecule has 0 fully saturated rings. The van der Waals surface area contributed by atoms with Crippen LogP contribution < -0.4 is 10.5 Å². The minimum Gasteiger partial charge on any atom is -0.493 e. The zero-order valence-corrected chi connectivity index (χ0v) is 11.9. The van der Waals surface area contributed by atoms with E-state index in [2.05, 4.69) is 11.1 Å². The number of anilines is 1. The molecule has 4 nitrogen and oxygen atoms in total. The molecule has 0 aliphatic carbocycles. The minimum atomic E-state index is 0.0994. The first-order valence-electron chi connectivity index (χ1n) is 6.79. The quantitative estimate of drug-likeness (QED) is 0.691. The zero-order chi connectivity index (χ0) is 14.4. The number of ether oxygens (including phenoxy) is 1. The molecule has 2 heterocycles. The first-order chi connectivity index (χ1) is 10.2. The normalized spacial score (nSPS) is 17.5. The Morgan fingerprint density at radius 2 is 2.10 bits per heavy atom. The number of nitrogens with two attached hydrogens (primary N) is 1. The molecule has 1 aromatic heterocycles. The van der Waals surface area contributed by atoms with Gasteiger partial charge in [0.2, 0.25) is 5.89 Å². The highest BCUT2D eigenvalue weighted by atomic mass is 35.5. The summed E-state index contributed by atoms with van der Waals surface area (Å²) in [5, 5.41) is 0.495. The lowest BCUT2D eigenvalue weighted by atomic mass is 9.93. The van der Waals surface area contributed by atoms with Crippen LogP contribution in [0.1, 0.15) is 23.8 Å². The number of aromatic nitrogens is 1. The second kappa shape index (κ2) is 4.67. The number of oxazole rings is 1. The van der Waals surface area contributed by atoms with Gasteiger partial charge in [0.1, 0.15) is 11.3 Å². The summed E-state index contributed by atoms with van der Waals surface area (Å²) in [6, 6.07) is 11.4. The molecular weight excluding hydrogens is 288 g/mol. The van der Waals surface area contributed by atoms with Crippen molar-refractivity contribution in [3.05, 3.63) is 52.9 Å². The summed E-state index contributed by atoms with van der Waals surface area (Å²) >= 11 is 6.04. The SMILES string of the molecule is Nc1cc2oc(C3CCOc4ccccc43)nc2cc1Cl. The van der Waals surface area contributed by atoms with E-state index >= 15 is 0 Å². The van der Waals surface area contributed by atoms with Crippen LogP contribution in [0.3, 0.4) is 0 Å². The first kappa shape index (κ1) is 12.5. The number of fused-ring (bicyclic) bond motifs is 2. The molecule has 1 aliphatic rings. The van der Waals surface area contributed by atoms with Gasteiger partial charge in [-0.05, 0) is 18.6 Å². The van der Waals surface area contributed by atoms with Gasteiger partial charge in [-0.15, -0.1) is 0 Å². The maximum Gasteiger partial charge on any atom is 0.203 e. The molecule has 4 rings (SSSR count). The Hall–Kier alpha value is -2.20. The van der Waals surface area contributed by atoms with Crippen molar-refractivity contribution in [3.63, 3.8) is 0 Å². The Bertz CT molecular complexity index is 789. The van der Waals surface area contributed by atoms with Gasteiger partial charge < -0.3 is 14.9 Å². The Morgan fingerprint density at radius 3 is 3.00 bits per heavy atom. The monoisotopic (exact) mass is 300 g/mol. The number of halogens is 1. The van der Waals surface area contributed by atoms with Crippen LogP contribution in [0.15, 0.2) is 40.8 Å². The summed E-state index contributed by atoms with van der Waals surface area (Å²) in [7, 11) is 0. The van der Waals surface area contributed by atoms with E-state index in [1.54, 1.807) is 12.1 Å².